The Kier molecular flexibility index (Phi) is 6.28. The van der Waals surface area contributed by atoms with Gasteiger partial charge in [0.2, 0.25) is 11.7 Å². The molecule has 0 unspecified atom stereocenters. The number of carbonyl (C=O) groups is 1. The Labute approximate surface area is 132 Å². The molecule has 0 atom stereocenters. The lowest BCUT2D eigenvalue weighted by Gasteiger charge is -2.23. The lowest BCUT2D eigenvalue weighted by Crippen LogP contribution is -2.41. The van der Waals surface area contributed by atoms with E-state index in [0.29, 0.717) is 17.2 Å². The predicted molar refractivity (Wildman–Crippen MR) is 87.6 cm³/mol. The molecule has 0 aromatic heterocycles. The van der Waals surface area contributed by atoms with Crippen molar-refractivity contribution in [2.45, 2.75) is 32.7 Å². The summed E-state index contributed by atoms with van der Waals surface area (Å²) in [5, 5.41) is 2.94. The van der Waals surface area contributed by atoms with Crippen LogP contribution in [0.2, 0.25) is 0 Å². The minimum Gasteiger partial charge on any atom is -0.493 e. The molecule has 0 aliphatic carbocycles. The zero-order valence-electron chi connectivity index (χ0n) is 14.1. The van der Waals surface area contributed by atoms with E-state index in [9.17, 15) is 4.79 Å². The molecule has 22 heavy (non-hydrogen) atoms. The largest absolute Gasteiger partial charge is 0.493 e. The third-order valence-electron chi connectivity index (χ3n) is 3.46. The molecule has 0 bridgehead atoms. The minimum absolute atomic E-state index is 0.138. The van der Waals surface area contributed by atoms with Gasteiger partial charge in [-0.25, -0.2) is 0 Å². The quantitative estimate of drug-likeness (QED) is 0.787. The van der Waals surface area contributed by atoms with Crippen LogP contribution in [0.1, 0.15) is 32.8 Å². The number of carbonyl (C=O) groups excluding carboxylic acids is 1. The van der Waals surface area contributed by atoms with Crippen molar-refractivity contribution in [1.29, 1.82) is 0 Å². The van der Waals surface area contributed by atoms with Gasteiger partial charge in [0.1, 0.15) is 0 Å². The van der Waals surface area contributed by atoms with Gasteiger partial charge in [0, 0.05) is 11.6 Å². The van der Waals surface area contributed by atoms with Gasteiger partial charge < -0.3 is 19.5 Å². The van der Waals surface area contributed by atoms with E-state index < -0.39 is 0 Å². The molecule has 1 aromatic carbocycles. The first-order valence-electron chi connectivity index (χ1n) is 7.17. The van der Waals surface area contributed by atoms with E-state index >= 15 is 0 Å². The van der Waals surface area contributed by atoms with Crippen LogP contribution in [-0.2, 0) is 4.79 Å². The van der Waals surface area contributed by atoms with Gasteiger partial charge in [0.05, 0.1) is 21.3 Å². The third-order valence-corrected chi connectivity index (χ3v) is 3.46. The standard InChI is InChI=1S/C17H25NO4/c1-7-17(2,3)18-15(19)9-8-12-10-13(20-4)16(22-6)14(11-12)21-5/h8-11H,7H2,1-6H3,(H,18,19). The summed E-state index contributed by atoms with van der Waals surface area (Å²) in [7, 11) is 4.67. The number of methoxy groups -OCH3 is 3. The molecule has 0 aliphatic heterocycles. The first-order valence-corrected chi connectivity index (χ1v) is 7.17. The van der Waals surface area contributed by atoms with Crippen LogP contribution in [0, 0.1) is 0 Å². The third kappa shape index (κ3) is 4.69. The molecule has 0 saturated heterocycles. The van der Waals surface area contributed by atoms with Crippen molar-refractivity contribution < 1.29 is 19.0 Å². The predicted octanol–water partition coefficient (Wildman–Crippen LogP) is 3.03. The van der Waals surface area contributed by atoms with Crippen LogP contribution in [0.3, 0.4) is 0 Å². The van der Waals surface area contributed by atoms with Crippen LogP contribution in [0.5, 0.6) is 17.2 Å². The summed E-state index contributed by atoms with van der Waals surface area (Å²) in [6, 6.07) is 3.58. The molecule has 1 amide bonds. The Balaban J connectivity index is 2.98. The minimum atomic E-state index is -0.225. The van der Waals surface area contributed by atoms with Gasteiger partial charge in [0.15, 0.2) is 11.5 Å². The topological polar surface area (TPSA) is 56.8 Å². The summed E-state index contributed by atoms with van der Waals surface area (Å²) in [6.45, 7) is 6.00. The zero-order valence-corrected chi connectivity index (χ0v) is 14.1. The molecule has 1 N–H and O–H groups in total. The number of benzene rings is 1. The first-order chi connectivity index (χ1) is 10.4. The summed E-state index contributed by atoms with van der Waals surface area (Å²) in [4.78, 5) is 11.9. The van der Waals surface area contributed by atoms with Crippen molar-refractivity contribution in [3.63, 3.8) is 0 Å². The number of hydrogen-bond donors (Lipinski definition) is 1. The Bertz CT molecular complexity index is 525. The molecule has 0 saturated carbocycles. The highest BCUT2D eigenvalue weighted by Gasteiger charge is 2.16. The number of nitrogens with one attached hydrogen (secondary N) is 1. The van der Waals surface area contributed by atoms with E-state index in [1.165, 1.54) is 6.08 Å². The summed E-state index contributed by atoms with van der Waals surface area (Å²) in [5.74, 6) is 1.49. The Morgan fingerprint density at radius 1 is 1.14 bits per heavy atom. The second-order valence-corrected chi connectivity index (χ2v) is 5.52. The van der Waals surface area contributed by atoms with Gasteiger partial charge in [0.25, 0.3) is 0 Å². The highest BCUT2D eigenvalue weighted by Crippen LogP contribution is 2.38. The molecular weight excluding hydrogens is 282 g/mol. The number of hydrogen-bond acceptors (Lipinski definition) is 4. The Hall–Kier alpha value is -2.17. The van der Waals surface area contributed by atoms with Crippen molar-refractivity contribution in [2.24, 2.45) is 0 Å². The number of ether oxygens (including phenoxy) is 3. The Morgan fingerprint density at radius 2 is 1.68 bits per heavy atom. The highest BCUT2D eigenvalue weighted by atomic mass is 16.5. The van der Waals surface area contributed by atoms with Gasteiger partial charge >= 0.3 is 0 Å². The van der Waals surface area contributed by atoms with E-state index in [1.54, 1.807) is 39.5 Å². The molecule has 1 rings (SSSR count). The van der Waals surface area contributed by atoms with E-state index in [-0.39, 0.29) is 11.4 Å². The van der Waals surface area contributed by atoms with Crippen molar-refractivity contribution in [3.8, 4) is 17.2 Å². The monoisotopic (exact) mass is 307 g/mol. The van der Waals surface area contributed by atoms with Gasteiger partial charge in [-0.3, -0.25) is 4.79 Å². The van der Waals surface area contributed by atoms with E-state index in [4.69, 9.17) is 14.2 Å². The molecule has 0 spiro atoms. The van der Waals surface area contributed by atoms with Crippen molar-refractivity contribution in [1.82, 2.24) is 5.32 Å². The van der Waals surface area contributed by atoms with Crippen LogP contribution in [0.4, 0.5) is 0 Å². The highest BCUT2D eigenvalue weighted by molar-refractivity contribution is 5.92. The summed E-state index contributed by atoms with van der Waals surface area (Å²) >= 11 is 0. The molecule has 5 nitrogen and oxygen atoms in total. The fourth-order valence-corrected chi connectivity index (χ4v) is 1.83. The maximum absolute atomic E-state index is 11.9. The van der Waals surface area contributed by atoms with Crippen molar-refractivity contribution >= 4 is 12.0 Å². The molecular formula is C17H25NO4. The van der Waals surface area contributed by atoms with Crippen LogP contribution in [0.25, 0.3) is 6.08 Å². The molecule has 0 fully saturated rings. The molecule has 122 valence electrons. The Morgan fingerprint density at radius 3 is 2.09 bits per heavy atom. The molecule has 5 heteroatoms. The lowest BCUT2D eigenvalue weighted by atomic mass is 10.0. The zero-order chi connectivity index (χ0) is 16.8. The number of rotatable bonds is 7. The van der Waals surface area contributed by atoms with Crippen molar-refractivity contribution in [3.05, 3.63) is 23.8 Å². The van der Waals surface area contributed by atoms with Crippen molar-refractivity contribution in [2.75, 3.05) is 21.3 Å². The van der Waals surface area contributed by atoms with Crippen LogP contribution >= 0.6 is 0 Å². The second kappa shape index (κ2) is 7.73. The van der Waals surface area contributed by atoms with Gasteiger partial charge in [-0.2, -0.15) is 0 Å². The maximum Gasteiger partial charge on any atom is 0.244 e. The lowest BCUT2D eigenvalue weighted by molar-refractivity contribution is -0.117. The smallest absolute Gasteiger partial charge is 0.244 e. The summed E-state index contributed by atoms with van der Waals surface area (Å²) in [5.41, 5.74) is 0.565. The van der Waals surface area contributed by atoms with Crippen LogP contribution in [0.15, 0.2) is 18.2 Å². The summed E-state index contributed by atoms with van der Waals surface area (Å²) < 4.78 is 15.8. The van der Waals surface area contributed by atoms with E-state index in [0.717, 1.165) is 12.0 Å². The fourth-order valence-electron chi connectivity index (χ4n) is 1.83. The molecule has 0 radical (unpaired) electrons. The molecule has 0 heterocycles. The SMILES string of the molecule is CCC(C)(C)NC(=O)C=Cc1cc(OC)c(OC)c(OC)c1. The van der Waals surface area contributed by atoms with Crippen LogP contribution < -0.4 is 19.5 Å². The van der Waals surface area contributed by atoms with Gasteiger partial charge in [-0.05, 0) is 44.0 Å². The summed E-state index contributed by atoms with van der Waals surface area (Å²) in [6.07, 6.45) is 4.07. The first kappa shape index (κ1) is 17.9. The average Bonchev–Trinajstić information content (AvgIpc) is 2.51. The fraction of sp³-hybridized carbons (Fsp3) is 0.471. The average molecular weight is 307 g/mol. The van der Waals surface area contributed by atoms with Crippen LogP contribution in [-0.4, -0.2) is 32.8 Å². The normalized spacial score (nSPS) is 11.4. The maximum atomic E-state index is 11.9. The number of amides is 1. The van der Waals surface area contributed by atoms with E-state index in [2.05, 4.69) is 5.32 Å². The van der Waals surface area contributed by atoms with Gasteiger partial charge in [-0.1, -0.05) is 6.92 Å². The second-order valence-electron chi connectivity index (χ2n) is 5.52. The molecule has 1 aromatic rings. The van der Waals surface area contributed by atoms with Gasteiger partial charge in [-0.15, -0.1) is 0 Å². The molecule has 0 aliphatic rings. The van der Waals surface area contributed by atoms with E-state index in [1.807, 2.05) is 20.8 Å².